The number of thiophene rings is 1. The Morgan fingerprint density at radius 2 is 1.80 bits per heavy atom. The molecule has 3 heterocycles. The normalized spacial score (nSPS) is 16.3. The van der Waals surface area contributed by atoms with Gasteiger partial charge in [-0.3, -0.25) is 4.90 Å². The topological polar surface area (TPSA) is 45.4 Å². The molecule has 25 heavy (non-hydrogen) atoms. The van der Waals surface area contributed by atoms with E-state index < -0.39 is 0 Å². The summed E-state index contributed by atoms with van der Waals surface area (Å²) in [4.78, 5) is 9.44. The third kappa shape index (κ3) is 4.34. The second kappa shape index (κ2) is 7.91. The van der Waals surface area contributed by atoms with E-state index in [4.69, 9.17) is 4.52 Å². The zero-order chi connectivity index (χ0) is 16.9. The van der Waals surface area contributed by atoms with Crippen LogP contribution in [0.25, 0.3) is 11.4 Å². The number of piperazine rings is 1. The van der Waals surface area contributed by atoms with Crippen molar-refractivity contribution < 1.29 is 4.52 Å². The van der Waals surface area contributed by atoms with Gasteiger partial charge in [-0.05, 0) is 23.4 Å². The monoisotopic (exact) mass is 354 g/mol. The molecular formula is C19H22N4OS. The van der Waals surface area contributed by atoms with E-state index in [1.54, 1.807) is 11.3 Å². The molecule has 0 radical (unpaired) electrons. The Morgan fingerprint density at radius 3 is 2.56 bits per heavy atom. The number of hydrogen-bond donors (Lipinski definition) is 0. The van der Waals surface area contributed by atoms with Gasteiger partial charge in [-0.15, -0.1) is 0 Å². The van der Waals surface area contributed by atoms with E-state index in [-0.39, 0.29) is 0 Å². The number of benzene rings is 1. The predicted molar refractivity (Wildman–Crippen MR) is 99.5 cm³/mol. The zero-order valence-corrected chi connectivity index (χ0v) is 15.0. The fraction of sp³-hybridized carbons (Fsp3) is 0.368. The molecule has 1 fully saturated rings. The summed E-state index contributed by atoms with van der Waals surface area (Å²) in [6.07, 6.45) is 1.12. The SMILES string of the molecule is c1ccc(CCN2CCN(Cc3nc(-c4ccsc4)no3)CC2)cc1. The maximum absolute atomic E-state index is 5.41. The smallest absolute Gasteiger partial charge is 0.241 e. The molecular weight excluding hydrogens is 332 g/mol. The summed E-state index contributed by atoms with van der Waals surface area (Å²) in [6.45, 7) is 6.15. The first kappa shape index (κ1) is 16.4. The molecule has 0 unspecified atom stereocenters. The molecule has 2 aromatic heterocycles. The molecule has 0 amide bonds. The Hall–Kier alpha value is -2.02. The highest BCUT2D eigenvalue weighted by atomic mass is 32.1. The Balaban J connectivity index is 1.24. The van der Waals surface area contributed by atoms with Crippen molar-refractivity contribution in [1.82, 2.24) is 19.9 Å². The molecule has 1 aromatic carbocycles. The van der Waals surface area contributed by atoms with Crippen molar-refractivity contribution in [1.29, 1.82) is 0 Å². The van der Waals surface area contributed by atoms with E-state index in [0.29, 0.717) is 11.7 Å². The zero-order valence-electron chi connectivity index (χ0n) is 14.2. The highest BCUT2D eigenvalue weighted by Crippen LogP contribution is 2.19. The molecule has 0 bridgehead atoms. The van der Waals surface area contributed by atoms with Gasteiger partial charge in [0, 0.05) is 43.7 Å². The van der Waals surface area contributed by atoms with Crippen molar-refractivity contribution in [3.8, 4) is 11.4 Å². The fourth-order valence-electron chi connectivity index (χ4n) is 3.12. The highest BCUT2D eigenvalue weighted by Gasteiger charge is 2.19. The first-order valence-corrected chi connectivity index (χ1v) is 9.65. The van der Waals surface area contributed by atoms with Crippen LogP contribution in [0.4, 0.5) is 0 Å². The van der Waals surface area contributed by atoms with Crippen molar-refractivity contribution in [3.63, 3.8) is 0 Å². The lowest BCUT2D eigenvalue weighted by molar-refractivity contribution is 0.118. The van der Waals surface area contributed by atoms with Crippen molar-refractivity contribution in [2.24, 2.45) is 0 Å². The molecule has 1 aliphatic rings. The number of nitrogens with zero attached hydrogens (tertiary/aromatic N) is 4. The minimum atomic E-state index is 0.692. The molecule has 5 nitrogen and oxygen atoms in total. The average Bonchev–Trinajstić information content (AvgIpc) is 3.34. The van der Waals surface area contributed by atoms with E-state index in [2.05, 4.69) is 50.3 Å². The Kier molecular flexibility index (Phi) is 5.20. The van der Waals surface area contributed by atoms with Crippen LogP contribution >= 0.6 is 11.3 Å². The van der Waals surface area contributed by atoms with Crippen molar-refractivity contribution in [3.05, 3.63) is 58.6 Å². The van der Waals surface area contributed by atoms with Gasteiger partial charge in [0.15, 0.2) is 0 Å². The number of hydrogen-bond acceptors (Lipinski definition) is 6. The van der Waals surface area contributed by atoms with Gasteiger partial charge in [0.25, 0.3) is 0 Å². The third-order valence-corrected chi connectivity index (χ3v) is 5.31. The summed E-state index contributed by atoms with van der Waals surface area (Å²) in [6, 6.07) is 12.7. The molecule has 0 N–H and O–H groups in total. The average molecular weight is 354 g/mol. The summed E-state index contributed by atoms with van der Waals surface area (Å²) in [5.74, 6) is 1.40. The van der Waals surface area contributed by atoms with Gasteiger partial charge in [0.2, 0.25) is 11.7 Å². The summed E-state index contributed by atoms with van der Waals surface area (Å²) in [5, 5.41) is 8.16. The minimum Gasteiger partial charge on any atom is -0.338 e. The lowest BCUT2D eigenvalue weighted by Gasteiger charge is -2.33. The van der Waals surface area contributed by atoms with Gasteiger partial charge < -0.3 is 9.42 Å². The minimum absolute atomic E-state index is 0.692. The molecule has 0 saturated carbocycles. The summed E-state index contributed by atoms with van der Waals surface area (Å²) >= 11 is 1.64. The molecule has 130 valence electrons. The van der Waals surface area contributed by atoms with Crippen LogP contribution in [0.15, 0.2) is 51.7 Å². The molecule has 6 heteroatoms. The van der Waals surface area contributed by atoms with Crippen LogP contribution in [-0.2, 0) is 13.0 Å². The van der Waals surface area contributed by atoms with Gasteiger partial charge in [-0.25, -0.2) is 0 Å². The lowest BCUT2D eigenvalue weighted by atomic mass is 10.1. The Bertz CT molecular complexity index is 764. The maximum atomic E-state index is 5.41. The molecule has 0 aliphatic carbocycles. The maximum Gasteiger partial charge on any atom is 0.241 e. The standard InChI is InChI=1S/C19H22N4OS/c1-2-4-16(5-3-1)6-8-22-9-11-23(12-10-22)14-18-20-19(21-24-18)17-7-13-25-15-17/h1-5,7,13,15H,6,8-12,14H2. The first-order chi connectivity index (χ1) is 12.4. The quantitative estimate of drug-likeness (QED) is 0.680. The Morgan fingerprint density at radius 1 is 1.00 bits per heavy atom. The van der Waals surface area contributed by atoms with E-state index in [0.717, 1.165) is 51.3 Å². The van der Waals surface area contributed by atoms with Crippen LogP contribution in [0.5, 0.6) is 0 Å². The third-order valence-electron chi connectivity index (χ3n) is 4.63. The van der Waals surface area contributed by atoms with Gasteiger partial charge in [0.05, 0.1) is 6.54 Å². The van der Waals surface area contributed by atoms with Crippen LogP contribution in [0.3, 0.4) is 0 Å². The van der Waals surface area contributed by atoms with E-state index in [1.165, 1.54) is 5.56 Å². The van der Waals surface area contributed by atoms with Gasteiger partial charge >= 0.3 is 0 Å². The van der Waals surface area contributed by atoms with E-state index in [9.17, 15) is 0 Å². The fourth-order valence-corrected chi connectivity index (χ4v) is 3.76. The summed E-state index contributed by atoms with van der Waals surface area (Å²) in [5.41, 5.74) is 2.45. The molecule has 3 aromatic rings. The van der Waals surface area contributed by atoms with Crippen LogP contribution in [0.1, 0.15) is 11.5 Å². The van der Waals surface area contributed by atoms with Gasteiger partial charge in [0.1, 0.15) is 0 Å². The lowest BCUT2D eigenvalue weighted by Crippen LogP contribution is -2.46. The Labute approximate surface area is 151 Å². The van der Waals surface area contributed by atoms with E-state index >= 15 is 0 Å². The van der Waals surface area contributed by atoms with Crippen molar-refractivity contribution in [2.45, 2.75) is 13.0 Å². The van der Waals surface area contributed by atoms with Gasteiger partial charge in [-0.1, -0.05) is 35.5 Å². The largest absolute Gasteiger partial charge is 0.338 e. The first-order valence-electron chi connectivity index (χ1n) is 8.70. The second-order valence-corrected chi connectivity index (χ2v) is 7.16. The molecule has 1 saturated heterocycles. The van der Waals surface area contributed by atoms with E-state index in [1.807, 2.05) is 16.8 Å². The highest BCUT2D eigenvalue weighted by molar-refractivity contribution is 7.08. The van der Waals surface area contributed by atoms with Crippen LogP contribution in [0.2, 0.25) is 0 Å². The van der Waals surface area contributed by atoms with Crippen molar-refractivity contribution >= 4 is 11.3 Å². The van der Waals surface area contributed by atoms with Crippen LogP contribution < -0.4 is 0 Å². The van der Waals surface area contributed by atoms with Gasteiger partial charge in [-0.2, -0.15) is 16.3 Å². The number of rotatable bonds is 6. The van der Waals surface area contributed by atoms with Crippen LogP contribution in [-0.4, -0.2) is 52.7 Å². The predicted octanol–water partition coefficient (Wildman–Crippen LogP) is 3.16. The van der Waals surface area contributed by atoms with Crippen LogP contribution in [0, 0.1) is 0 Å². The second-order valence-electron chi connectivity index (χ2n) is 6.38. The molecule has 1 aliphatic heterocycles. The molecule has 4 rings (SSSR count). The summed E-state index contributed by atoms with van der Waals surface area (Å²) in [7, 11) is 0. The summed E-state index contributed by atoms with van der Waals surface area (Å²) < 4.78 is 5.41. The van der Waals surface area contributed by atoms with Crippen molar-refractivity contribution in [2.75, 3.05) is 32.7 Å². The molecule has 0 spiro atoms. The number of aromatic nitrogens is 2. The molecule has 0 atom stereocenters.